The Balaban J connectivity index is 1.82. The van der Waals surface area contributed by atoms with E-state index in [4.69, 9.17) is 13.6 Å². The van der Waals surface area contributed by atoms with E-state index in [-0.39, 0.29) is 33.7 Å². The van der Waals surface area contributed by atoms with Crippen LogP contribution >= 0.6 is 0 Å². The summed E-state index contributed by atoms with van der Waals surface area (Å²) in [4.78, 5) is 12.8. The topological polar surface area (TPSA) is 65.0 Å². The van der Waals surface area contributed by atoms with Crippen molar-refractivity contribution < 1.29 is 23.5 Å². The van der Waals surface area contributed by atoms with Crippen LogP contribution in [0.25, 0.3) is 0 Å². The minimum atomic E-state index is -2.02. The molecule has 1 N–H and O–H groups in total. The van der Waals surface area contributed by atoms with Crippen LogP contribution in [0.3, 0.4) is 0 Å². The number of ether oxygens (including phenoxy) is 1. The van der Waals surface area contributed by atoms with Crippen molar-refractivity contribution in [3.63, 3.8) is 0 Å². The van der Waals surface area contributed by atoms with E-state index in [1.165, 1.54) is 31.3 Å². The Morgan fingerprint density at radius 3 is 2.17 bits per heavy atom. The molecule has 0 aromatic rings. The molecule has 0 saturated heterocycles. The molecule has 3 aliphatic rings. The number of aliphatic hydroxyl groups is 1. The van der Waals surface area contributed by atoms with E-state index in [0.29, 0.717) is 24.4 Å². The number of hydrogen-bond acceptors (Lipinski definition) is 5. The van der Waals surface area contributed by atoms with Gasteiger partial charge in [-0.3, -0.25) is 4.79 Å². The lowest BCUT2D eigenvalue weighted by atomic mass is 9.61. The molecule has 0 radical (unpaired) electrons. The fourth-order valence-electron chi connectivity index (χ4n) is 8.39. The highest BCUT2D eigenvalue weighted by Gasteiger charge is 2.51. The second kappa shape index (κ2) is 17.3. The molecular weight excluding hydrogens is 677 g/mol. The third-order valence-corrected chi connectivity index (χ3v) is 23.3. The van der Waals surface area contributed by atoms with E-state index in [1.807, 2.05) is 6.08 Å². The van der Waals surface area contributed by atoms with Gasteiger partial charge < -0.3 is 18.7 Å². The van der Waals surface area contributed by atoms with Gasteiger partial charge in [0, 0.05) is 6.42 Å². The Bertz CT molecular complexity index is 1330. The lowest BCUT2D eigenvalue weighted by Crippen LogP contribution is -2.49. The molecule has 5 nitrogen and oxygen atoms in total. The SMILES string of the molecule is C=C1/C(=C/C=C2\CCC[C@]3(C)[C@@H]([C@H](C)/C=C/C(O)C(C)(C)C(=O)OCCCCC)CC[C@@H]23)C[C@@H](O[Si](C)(C)C(C)(C)C)C[C@@H]1O[Si](C)(C)C(C)(C)C. The van der Waals surface area contributed by atoms with Crippen LogP contribution in [-0.4, -0.2) is 52.6 Å². The number of aliphatic hydroxyl groups excluding tert-OH is 1. The van der Waals surface area contributed by atoms with Gasteiger partial charge >= 0.3 is 5.97 Å². The van der Waals surface area contributed by atoms with E-state index >= 15 is 0 Å². The van der Waals surface area contributed by atoms with E-state index in [0.717, 1.165) is 44.1 Å². The van der Waals surface area contributed by atoms with Gasteiger partial charge in [-0.05, 0) is 129 Å². The minimum Gasteiger partial charge on any atom is -0.465 e. The first-order valence-electron chi connectivity index (χ1n) is 20.8. The third-order valence-electron chi connectivity index (χ3n) is 14.3. The zero-order valence-electron chi connectivity index (χ0n) is 36.3. The van der Waals surface area contributed by atoms with Gasteiger partial charge in [-0.1, -0.05) is 112 Å². The summed E-state index contributed by atoms with van der Waals surface area (Å²) in [5.41, 5.74) is 3.24. The predicted octanol–water partition coefficient (Wildman–Crippen LogP) is 12.5. The number of unbranched alkanes of at least 4 members (excludes halogenated alkanes) is 2. The normalized spacial score (nSPS) is 29.5. The van der Waals surface area contributed by atoms with Crippen LogP contribution in [0.5, 0.6) is 0 Å². The van der Waals surface area contributed by atoms with Crippen molar-refractivity contribution in [1.82, 2.24) is 0 Å². The summed E-state index contributed by atoms with van der Waals surface area (Å²) in [6.07, 6.45) is 18.8. The van der Waals surface area contributed by atoms with Gasteiger partial charge in [0.2, 0.25) is 0 Å². The molecule has 7 heteroatoms. The molecule has 0 aliphatic heterocycles. The number of allylic oxidation sites excluding steroid dienone is 4. The minimum absolute atomic E-state index is 0.0163. The largest absolute Gasteiger partial charge is 0.465 e. The van der Waals surface area contributed by atoms with Gasteiger partial charge in [0.15, 0.2) is 16.6 Å². The van der Waals surface area contributed by atoms with Crippen LogP contribution in [0.2, 0.25) is 36.3 Å². The average Bonchev–Trinajstić information content (AvgIpc) is 3.38. The summed E-state index contributed by atoms with van der Waals surface area (Å²) >= 11 is 0. The Morgan fingerprint density at radius 2 is 1.58 bits per heavy atom. The molecule has 0 spiro atoms. The van der Waals surface area contributed by atoms with Crippen LogP contribution in [0, 0.1) is 28.6 Å². The molecule has 3 rings (SSSR count). The molecular formula is C45H80O5Si2. The molecule has 298 valence electrons. The molecule has 0 aromatic heterocycles. The molecule has 7 atom stereocenters. The Labute approximate surface area is 322 Å². The smallest absolute Gasteiger partial charge is 0.314 e. The third kappa shape index (κ3) is 10.5. The summed E-state index contributed by atoms with van der Waals surface area (Å²) in [5.74, 6) is 1.05. The second-order valence-corrected chi connectivity index (χ2v) is 30.1. The van der Waals surface area contributed by atoms with E-state index in [1.54, 1.807) is 19.4 Å². The highest BCUT2D eigenvalue weighted by atomic mass is 28.4. The number of carbonyl (C=O) groups excluding carboxylic acids is 1. The standard InChI is InChI=1S/C45H80O5Si2/c1-17-18-19-29-48-41(47)44(10,11)40(46)27-22-32(2)37-25-26-38-34(21-20-28-45(37,38)12)23-24-35-30-36(49-51(13,14)42(4,5)6)31-39(33(35)3)50-52(15,16)43(7,8)9/h22-24,27,32,36-40,46H,3,17-21,25-26,28-31H2,1-2,4-16H3/b27-22+,34-23+,35-24+/t32-,36-,37-,38+,39+,40?,45-/m1/s1. The van der Waals surface area contributed by atoms with Gasteiger partial charge in [-0.2, -0.15) is 0 Å². The Hall–Kier alpha value is -1.26. The molecule has 1 unspecified atom stereocenters. The van der Waals surface area contributed by atoms with Crippen LogP contribution in [0.15, 0.2) is 47.6 Å². The first-order valence-corrected chi connectivity index (χ1v) is 26.6. The van der Waals surface area contributed by atoms with Crippen LogP contribution in [0.4, 0.5) is 0 Å². The molecule has 3 fully saturated rings. The van der Waals surface area contributed by atoms with Crippen LogP contribution in [0.1, 0.15) is 140 Å². The van der Waals surface area contributed by atoms with E-state index in [2.05, 4.69) is 113 Å². The average molecular weight is 757 g/mol. The highest BCUT2D eigenvalue weighted by molar-refractivity contribution is 6.74. The molecule has 0 aromatic carbocycles. The number of fused-ring (bicyclic) bond motifs is 1. The summed E-state index contributed by atoms with van der Waals surface area (Å²) in [5, 5.41) is 11.4. The zero-order valence-corrected chi connectivity index (χ0v) is 38.3. The van der Waals surface area contributed by atoms with Gasteiger partial charge in [0.25, 0.3) is 0 Å². The van der Waals surface area contributed by atoms with Gasteiger partial charge in [0.1, 0.15) is 0 Å². The van der Waals surface area contributed by atoms with Crippen molar-refractivity contribution in [3.8, 4) is 0 Å². The zero-order chi connectivity index (χ0) is 39.5. The van der Waals surface area contributed by atoms with Gasteiger partial charge in [0.05, 0.1) is 30.3 Å². The first kappa shape index (κ1) is 45.1. The van der Waals surface area contributed by atoms with Crippen molar-refractivity contribution in [2.75, 3.05) is 6.61 Å². The monoisotopic (exact) mass is 757 g/mol. The van der Waals surface area contributed by atoms with Crippen LogP contribution in [-0.2, 0) is 18.4 Å². The van der Waals surface area contributed by atoms with Crippen molar-refractivity contribution in [3.05, 3.63) is 47.6 Å². The van der Waals surface area contributed by atoms with Crippen molar-refractivity contribution in [2.24, 2.45) is 28.6 Å². The lowest BCUT2D eigenvalue weighted by molar-refractivity contribution is -0.158. The van der Waals surface area contributed by atoms with E-state index in [9.17, 15) is 9.90 Å². The molecule has 0 bridgehead atoms. The van der Waals surface area contributed by atoms with Crippen molar-refractivity contribution in [2.45, 2.75) is 195 Å². The van der Waals surface area contributed by atoms with E-state index < -0.39 is 28.2 Å². The van der Waals surface area contributed by atoms with Gasteiger partial charge in [-0.15, -0.1) is 0 Å². The quantitative estimate of drug-likeness (QED) is 0.0827. The maximum atomic E-state index is 12.8. The number of rotatable bonds is 14. The Morgan fingerprint density at radius 1 is 0.962 bits per heavy atom. The molecule has 52 heavy (non-hydrogen) atoms. The van der Waals surface area contributed by atoms with Gasteiger partial charge in [-0.25, -0.2) is 0 Å². The molecule has 3 saturated carbocycles. The predicted molar refractivity (Wildman–Crippen MR) is 225 cm³/mol. The number of carbonyl (C=O) groups is 1. The van der Waals surface area contributed by atoms with Crippen molar-refractivity contribution >= 4 is 22.6 Å². The molecule has 3 aliphatic carbocycles. The number of esters is 1. The molecule has 0 heterocycles. The van der Waals surface area contributed by atoms with Crippen LogP contribution < -0.4 is 0 Å². The first-order chi connectivity index (χ1) is 23.8. The highest BCUT2D eigenvalue weighted by Crippen LogP contribution is 2.59. The second-order valence-electron chi connectivity index (χ2n) is 20.6. The summed E-state index contributed by atoms with van der Waals surface area (Å²) in [6.45, 7) is 39.0. The summed E-state index contributed by atoms with van der Waals surface area (Å²) in [7, 11) is -3.99. The summed E-state index contributed by atoms with van der Waals surface area (Å²) in [6, 6.07) is 0. The fourth-order valence-corrected chi connectivity index (χ4v) is 11.1. The maximum absolute atomic E-state index is 12.8. The maximum Gasteiger partial charge on any atom is 0.314 e. The lowest BCUT2D eigenvalue weighted by Gasteiger charge is -2.45. The molecule has 0 amide bonds. The Kier molecular flexibility index (Phi) is 15.0. The number of hydrogen-bond donors (Lipinski definition) is 1. The van der Waals surface area contributed by atoms with Crippen molar-refractivity contribution in [1.29, 1.82) is 0 Å². The summed E-state index contributed by atoms with van der Waals surface area (Å²) < 4.78 is 19.7. The fraction of sp³-hybridized carbons (Fsp3) is 0.800.